The molecule has 4 N–H and O–H groups in total. The molecule has 1 saturated heterocycles. The maximum atomic E-state index is 14.0. The maximum absolute atomic E-state index is 14.0. The molecule has 110 valence electrons. The number of likely N-dealkylation sites (tertiary alicyclic amines) is 1. The van der Waals surface area contributed by atoms with Gasteiger partial charge in [0.15, 0.2) is 11.6 Å². The average Bonchev–Trinajstić information content (AvgIpc) is 2.47. The van der Waals surface area contributed by atoms with Crippen LogP contribution >= 0.6 is 0 Å². The van der Waals surface area contributed by atoms with Gasteiger partial charge in [-0.05, 0) is 31.2 Å². The lowest BCUT2D eigenvalue weighted by Gasteiger charge is -2.32. The Balaban J connectivity index is 2.14. The largest absolute Gasteiger partial charge is 0.396 e. The van der Waals surface area contributed by atoms with Crippen molar-refractivity contribution in [3.63, 3.8) is 0 Å². The number of hydrazine groups is 1. The van der Waals surface area contributed by atoms with Gasteiger partial charge in [0, 0.05) is 25.9 Å². The second kappa shape index (κ2) is 6.62. The van der Waals surface area contributed by atoms with Crippen LogP contribution in [0.1, 0.15) is 29.6 Å². The summed E-state index contributed by atoms with van der Waals surface area (Å²) in [5.74, 6) is 4.20. The molecule has 1 aliphatic heterocycles. The number of anilines is 1. The summed E-state index contributed by atoms with van der Waals surface area (Å²) in [6, 6.07) is 1.36. The first-order valence-electron chi connectivity index (χ1n) is 6.68. The minimum atomic E-state index is -0.732. The summed E-state index contributed by atoms with van der Waals surface area (Å²) in [5.41, 5.74) is 2.10. The highest BCUT2D eigenvalue weighted by Gasteiger charge is 2.26. The van der Waals surface area contributed by atoms with Gasteiger partial charge in [-0.15, -0.1) is 0 Å². The Morgan fingerprint density at radius 3 is 3.15 bits per heavy atom. The Kier molecular flexibility index (Phi) is 4.86. The first-order valence-corrected chi connectivity index (χ1v) is 6.68. The molecule has 2 rings (SSSR count). The highest BCUT2D eigenvalue weighted by Crippen LogP contribution is 2.23. The van der Waals surface area contributed by atoms with Crippen molar-refractivity contribution in [3.05, 3.63) is 23.6 Å². The van der Waals surface area contributed by atoms with Gasteiger partial charge in [-0.25, -0.2) is 15.2 Å². The Hall–Kier alpha value is -1.73. The van der Waals surface area contributed by atoms with Crippen molar-refractivity contribution in [1.82, 2.24) is 9.88 Å². The standard InChI is InChI=1S/C13H19FN4O2/c14-11-10(3-5-16-12(11)17-15)13(20)18-6-1-2-9(8-18)4-7-19/h3,5,9,19H,1-2,4,6-8,15H2,(H,16,17). The molecular formula is C13H19FN4O2. The monoisotopic (exact) mass is 282 g/mol. The molecular weight excluding hydrogens is 263 g/mol. The van der Waals surface area contributed by atoms with Crippen molar-refractivity contribution in [2.45, 2.75) is 19.3 Å². The predicted octanol–water partition coefficient (Wildman–Crippen LogP) is 0.741. The number of aliphatic hydroxyl groups is 1. The van der Waals surface area contributed by atoms with Gasteiger partial charge < -0.3 is 15.4 Å². The molecule has 0 radical (unpaired) electrons. The zero-order valence-electron chi connectivity index (χ0n) is 11.2. The van der Waals surface area contributed by atoms with Crippen molar-refractivity contribution < 1.29 is 14.3 Å². The Morgan fingerprint density at radius 2 is 2.45 bits per heavy atom. The summed E-state index contributed by atoms with van der Waals surface area (Å²) in [6.07, 6.45) is 3.86. The number of hydrogen-bond acceptors (Lipinski definition) is 5. The number of halogens is 1. The third kappa shape index (κ3) is 3.05. The second-order valence-electron chi connectivity index (χ2n) is 4.94. The zero-order valence-corrected chi connectivity index (χ0v) is 11.2. The van der Waals surface area contributed by atoms with E-state index in [-0.39, 0.29) is 29.8 Å². The molecule has 6 nitrogen and oxygen atoms in total. The number of amides is 1. The van der Waals surface area contributed by atoms with Gasteiger partial charge in [-0.2, -0.15) is 0 Å². The van der Waals surface area contributed by atoms with E-state index in [0.717, 1.165) is 12.8 Å². The second-order valence-corrected chi connectivity index (χ2v) is 4.94. The molecule has 1 amide bonds. The summed E-state index contributed by atoms with van der Waals surface area (Å²) in [7, 11) is 0. The Bertz CT molecular complexity index is 481. The number of hydrogen-bond donors (Lipinski definition) is 3. The van der Waals surface area contributed by atoms with Gasteiger partial charge in [-0.1, -0.05) is 0 Å². The van der Waals surface area contributed by atoms with Crippen LogP contribution in [0.15, 0.2) is 12.3 Å². The van der Waals surface area contributed by atoms with E-state index in [1.807, 2.05) is 0 Å². The summed E-state index contributed by atoms with van der Waals surface area (Å²) in [4.78, 5) is 17.7. The summed E-state index contributed by atoms with van der Waals surface area (Å²) < 4.78 is 14.0. The number of rotatable bonds is 4. The van der Waals surface area contributed by atoms with Crippen LogP contribution in [0.3, 0.4) is 0 Å². The molecule has 7 heteroatoms. The lowest BCUT2D eigenvalue weighted by atomic mass is 9.94. The number of nitrogens with zero attached hydrogens (tertiary/aromatic N) is 2. The first-order chi connectivity index (χ1) is 9.67. The van der Waals surface area contributed by atoms with Gasteiger partial charge >= 0.3 is 0 Å². The number of nitrogen functional groups attached to an aromatic ring is 1. The van der Waals surface area contributed by atoms with E-state index >= 15 is 0 Å². The third-order valence-electron chi connectivity index (χ3n) is 3.60. The number of piperidine rings is 1. The molecule has 1 atom stereocenters. The van der Waals surface area contributed by atoms with E-state index in [0.29, 0.717) is 19.5 Å². The first kappa shape index (κ1) is 14.7. The molecule has 1 unspecified atom stereocenters. The van der Waals surface area contributed by atoms with E-state index in [9.17, 15) is 9.18 Å². The van der Waals surface area contributed by atoms with Crippen LogP contribution in [0.5, 0.6) is 0 Å². The van der Waals surface area contributed by atoms with Crippen LogP contribution in [0, 0.1) is 11.7 Å². The Morgan fingerprint density at radius 1 is 1.65 bits per heavy atom. The van der Waals surface area contributed by atoms with Crippen molar-refractivity contribution in [1.29, 1.82) is 0 Å². The molecule has 1 aromatic rings. The van der Waals surface area contributed by atoms with Gasteiger partial charge in [0.25, 0.3) is 5.91 Å². The SMILES string of the molecule is NNc1nccc(C(=O)N2CCCC(CCO)C2)c1F. The molecule has 0 spiro atoms. The van der Waals surface area contributed by atoms with Gasteiger partial charge in [-0.3, -0.25) is 4.79 Å². The average molecular weight is 282 g/mol. The number of nitrogens with one attached hydrogen (secondary N) is 1. The molecule has 1 aliphatic rings. The number of carbonyl (C=O) groups excluding carboxylic acids is 1. The third-order valence-corrected chi connectivity index (χ3v) is 3.60. The maximum Gasteiger partial charge on any atom is 0.257 e. The fourth-order valence-electron chi connectivity index (χ4n) is 2.55. The van der Waals surface area contributed by atoms with E-state index in [2.05, 4.69) is 10.4 Å². The van der Waals surface area contributed by atoms with Crippen molar-refractivity contribution in [3.8, 4) is 0 Å². The lowest BCUT2D eigenvalue weighted by Crippen LogP contribution is -2.40. The number of carbonyl (C=O) groups is 1. The van der Waals surface area contributed by atoms with Gasteiger partial charge in [0.2, 0.25) is 0 Å². The lowest BCUT2D eigenvalue weighted by molar-refractivity contribution is 0.0649. The van der Waals surface area contributed by atoms with Crippen LogP contribution in [-0.2, 0) is 0 Å². The highest BCUT2D eigenvalue weighted by atomic mass is 19.1. The van der Waals surface area contributed by atoms with Crippen LogP contribution < -0.4 is 11.3 Å². The molecule has 0 aliphatic carbocycles. The topological polar surface area (TPSA) is 91.5 Å². The summed E-state index contributed by atoms with van der Waals surface area (Å²) >= 11 is 0. The fourth-order valence-corrected chi connectivity index (χ4v) is 2.55. The van der Waals surface area contributed by atoms with E-state index < -0.39 is 5.82 Å². The molecule has 0 saturated carbocycles. The van der Waals surface area contributed by atoms with Crippen molar-refractivity contribution in [2.24, 2.45) is 11.8 Å². The van der Waals surface area contributed by atoms with Gasteiger partial charge in [0.1, 0.15) is 0 Å². The molecule has 20 heavy (non-hydrogen) atoms. The van der Waals surface area contributed by atoms with Crippen LogP contribution in [0.25, 0.3) is 0 Å². The molecule has 1 aromatic heterocycles. The minimum absolute atomic E-state index is 0.0300. The van der Waals surface area contributed by atoms with Gasteiger partial charge in [0.05, 0.1) is 5.56 Å². The van der Waals surface area contributed by atoms with E-state index in [4.69, 9.17) is 10.9 Å². The van der Waals surface area contributed by atoms with Crippen molar-refractivity contribution in [2.75, 3.05) is 25.1 Å². The number of aromatic nitrogens is 1. The normalized spacial score (nSPS) is 18.9. The Labute approximate surface area is 116 Å². The quantitative estimate of drug-likeness (QED) is 0.559. The zero-order chi connectivity index (χ0) is 14.5. The summed E-state index contributed by atoms with van der Waals surface area (Å²) in [5, 5.41) is 8.98. The summed E-state index contributed by atoms with van der Waals surface area (Å²) in [6.45, 7) is 1.26. The molecule has 1 fully saturated rings. The highest BCUT2D eigenvalue weighted by molar-refractivity contribution is 5.95. The molecule has 0 bridgehead atoms. The number of nitrogens with two attached hydrogens (primary N) is 1. The minimum Gasteiger partial charge on any atom is -0.396 e. The fraction of sp³-hybridized carbons (Fsp3) is 0.538. The van der Waals surface area contributed by atoms with E-state index in [1.165, 1.54) is 12.3 Å². The smallest absolute Gasteiger partial charge is 0.257 e. The predicted molar refractivity (Wildman–Crippen MR) is 72.3 cm³/mol. The molecule has 2 heterocycles. The van der Waals surface area contributed by atoms with Crippen LogP contribution in [0.4, 0.5) is 10.2 Å². The van der Waals surface area contributed by atoms with Crippen LogP contribution in [0.2, 0.25) is 0 Å². The number of aliphatic hydroxyl groups excluding tert-OH is 1. The van der Waals surface area contributed by atoms with Crippen LogP contribution in [-0.4, -0.2) is 40.6 Å². The molecule has 0 aromatic carbocycles. The number of pyridine rings is 1. The van der Waals surface area contributed by atoms with E-state index in [1.54, 1.807) is 4.90 Å². The van der Waals surface area contributed by atoms with Crippen molar-refractivity contribution >= 4 is 11.7 Å².